The number of hydrogen-bond acceptors (Lipinski definition) is 10. The van der Waals surface area contributed by atoms with Gasteiger partial charge in [-0.3, -0.25) is 19.2 Å². The van der Waals surface area contributed by atoms with E-state index in [4.69, 9.17) is 14.2 Å². The molecule has 0 saturated carbocycles. The number of hydrogen-bond donors (Lipinski definition) is 3. The number of ether oxygens (including phenoxy) is 3. The topological polar surface area (TPSA) is 144 Å². The van der Waals surface area contributed by atoms with Gasteiger partial charge in [0, 0.05) is 44.5 Å². The number of likely N-dealkylation sites (N-methyl/N-ethyl adjacent to an activating group) is 1. The molecule has 0 fully saturated rings. The van der Waals surface area contributed by atoms with Crippen LogP contribution in [0, 0.1) is 11.8 Å². The number of aliphatic hydroxyl groups excluding tert-OH is 1. The minimum Gasteiger partial charge on any atom is -0.457 e. The van der Waals surface area contributed by atoms with Crippen LogP contribution in [0.5, 0.6) is 0 Å². The molecule has 0 aromatic heterocycles. The maximum Gasteiger partial charge on any atom is 0.293 e. The van der Waals surface area contributed by atoms with Crippen molar-refractivity contribution in [2.45, 2.75) is 71.9 Å². The molecule has 1 amide bonds. The number of allylic oxidation sites excluding steroid dienone is 4. The Labute approximate surface area is 262 Å². The molecule has 246 valence electrons. The fourth-order valence-corrected chi connectivity index (χ4v) is 4.66. The van der Waals surface area contributed by atoms with E-state index in [1.54, 1.807) is 33.1 Å². The molecule has 11 nitrogen and oxygen atoms in total. The zero-order valence-corrected chi connectivity index (χ0v) is 27.6. The molecule has 0 bridgehead atoms. The molecule has 0 saturated heterocycles. The summed E-state index contributed by atoms with van der Waals surface area (Å²) in [7, 11) is 6.81. The van der Waals surface area contributed by atoms with E-state index in [9.17, 15) is 24.3 Å². The van der Waals surface area contributed by atoms with Gasteiger partial charge in [-0.25, -0.2) is 0 Å². The lowest BCUT2D eigenvalue weighted by atomic mass is 9.85. The fraction of sp³-hybridized carbons (Fsp3) is 0.576. The molecule has 44 heavy (non-hydrogen) atoms. The number of Topliss-reactive ketones (excluding diaryl/α,β-unsaturated/α-hetero) is 1. The third kappa shape index (κ3) is 12.0. The van der Waals surface area contributed by atoms with Gasteiger partial charge in [-0.1, -0.05) is 45.6 Å². The number of nitrogens with one attached hydrogen (secondary N) is 2. The van der Waals surface area contributed by atoms with Crippen LogP contribution in [0.4, 0.5) is 0 Å². The van der Waals surface area contributed by atoms with Crippen LogP contribution in [0.1, 0.15) is 47.5 Å². The average Bonchev–Trinajstić information content (AvgIpc) is 2.96. The normalized spacial score (nSPS) is 17.8. The van der Waals surface area contributed by atoms with Crippen LogP contribution in [0.15, 0.2) is 59.0 Å². The van der Waals surface area contributed by atoms with Gasteiger partial charge in [0.1, 0.15) is 6.10 Å². The predicted molar refractivity (Wildman–Crippen MR) is 169 cm³/mol. The second-order valence-electron chi connectivity index (χ2n) is 11.8. The van der Waals surface area contributed by atoms with E-state index in [1.807, 2.05) is 39.8 Å². The third-order valence-electron chi connectivity index (χ3n) is 7.27. The molecular weight excluding hydrogens is 566 g/mol. The molecule has 11 heteroatoms. The summed E-state index contributed by atoms with van der Waals surface area (Å²) >= 11 is 0. The first-order valence-electron chi connectivity index (χ1n) is 14.7. The van der Waals surface area contributed by atoms with Gasteiger partial charge in [-0.2, -0.15) is 0 Å². The molecule has 1 aliphatic carbocycles. The van der Waals surface area contributed by atoms with Gasteiger partial charge < -0.3 is 34.9 Å². The number of carbonyl (C=O) groups is 4. The van der Waals surface area contributed by atoms with Crippen molar-refractivity contribution < 1.29 is 38.5 Å². The van der Waals surface area contributed by atoms with Crippen LogP contribution in [0.3, 0.4) is 0 Å². The Kier molecular flexibility index (Phi) is 16.8. The molecule has 0 heterocycles. The zero-order chi connectivity index (χ0) is 33.6. The maximum absolute atomic E-state index is 13.7. The largest absolute Gasteiger partial charge is 0.457 e. The van der Waals surface area contributed by atoms with Gasteiger partial charge in [-0.15, -0.1) is 0 Å². The Bertz CT molecular complexity index is 1150. The Balaban J connectivity index is 3.19. The molecule has 0 radical (unpaired) electrons. The van der Waals surface area contributed by atoms with E-state index in [0.29, 0.717) is 31.6 Å². The highest BCUT2D eigenvalue weighted by Gasteiger charge is 2.32. The highest BCUT2D eigenvalue weighted by atomic mass is 16.6. The monoisotopic (exact) mass is 617 g/mol. The predicted octanol–water partition coefficient (Wildman–Crippen LogP) is 2.63. The van der Waals surface area contributed by atoms with Crippen LogP contribution in [0.2, 0.25) is 0 Å². The molecule has 0 aromatic rings. The summed E-state index contributed by atoms with van der Waals surface area (Å²) in [5.41, 5.74) is 1.23. The summed E-state index contributed by atoms with van der Waals surface area (Å²) in [5.74, 6) is -1.55. The standard InChI is InChI=1S/C33H51N3O8/c1-20(2)30(39)28(43-10)17-22(5)16-24-29(34-14-15-36(7)8)26(38)18-25(31(24)40)35-33(41)23(6)12-11-13-27(42-9)32(21(3)4)44-19-37/h11-13,18-20,22,27-28,30,32,34,39H,3,14-17H2,1-2,4-10H3,(H,35,41)/b13-11-,23-12+/t22-,27+,28+,30-,32+/m1/s1. The van der Waals surface area contributed by atoms with E-state index < -0.39 is 41.9 Å². The van der Waals surface area contributed by atoms with E-state index in [2.05, 4.69) is 17.2 Å². The Morgan fingerprint density at radius 1 is 1.14 bits per heavy atom. The number of carbonyl (C=O) groups excluding carboxylic acids is 4. The molecule has 0 spiro atoms. The lowest BCUT2D eigenvalue weighted by Crippen LogP contribution is -2.38. The van der Waals surface area contributed by atoms with Gasteiger partial charge in [-0.05, 0) is 58.2 Å². The van der Waals surface area contributed by atoms with E-state index in [0.717, 1.165) is 6.08 Å². The summed E-state index contributed by atoms with van der Waals surface area (Å²) in [6.07, 6.45) is 4.13. The Morgan fingerprint density at radius 2 is 1.80 bits per heavy atom. The van der Waals surface area contributed by atoms with Gasteiger partial charge in [0.05, 0.1) is 23.6 Å². The summed E-state index contributed by atoms with van der Waals surface area (Å²) in [6.45, 7) is 14.2. The highest BCUT2D eigenvalue weighted by Crippen LogP contribution is 2.27. The lowest BCUT2D eigenvalue weighted by molar-refractivity contribution is -0.136. The quantitative estimate of drug-likeness (QED) is 0.0613. The Hall–Kier alpha value is -3.38. The molecular formula is C33H51N3O8. The first kappa shape index (κ1) is 38.6. The number of ketones is 2. The molecule has 3 N–H and O–H groups in total. The molecule has 0 aromatic carbocycles. The van der Waals surface area contributed by atoms with Gasteiger partial charge in [0.25, 0.3) is 12.4 Å². The van der Waals surface area contributed by atoms with Crippen molar-refractivity contribution in [2.24, 2.45) is 11.8 Å². The summed E-state index contributed by atoms with van der Waals surface area (Å²) in [5, 5.41) is 16.3. The van der Waals surface area contributed by atoms with Crippen molar-refractivity contribution in [2.75, 3.05) is 41.4 Å². The molecule has 5 atom stereocenters. The van der Waals surface area contributed by atoms with Crippen molar-refractivity contribution in [3.63, 3.8) is 0 Å². The number of amides is 1. The number of methoxy groups -OCH3 is 2. The lowest BCUT2D eigenvalue weighted by Gasteiger charge is -2.28. The van der Waals surface area contributed by atoms with E-state index in [1.165, 1.54) is 13.2 Å². The van der Waals surface area contributed by atoms with Gasteiger partial charge >= 0.3 is 0 Å². The van der Waals surface area contributed by atoms with Crippen molar-refractivity contribution in [1.29, 1.82) is 0 Å². The molecule has 0 unspecified atom stereocenters. The number of aliphatic hydroxyl groups is 1. The Morgan fingerprint density at radius 3 is 2.32 bits per heavy atom. The van der Waals surface area contributed by atoms with Crippen molar-refractivity contribution >= 4 is 23.9 Å². The van der Waals surface area contributed by atoms with Gasteiger partial charge in [0.15, 0.2) is 6.10 Å². The average molecular weight is 618 g/mol. The van der Waals surface area contributed by atoms with E-state index in [-0.39, 0.29) is 40.8 Å². The van der Waals surface area contributed by atoms with Crippen LogP contribution < -0.4 is 10.6 Å². The smallest absolute Gasteiger partial charge is 0.293 e. The number of rotatable bonds is 20. The summed E-state index contributed by atoms with van der Waals surface area (Å²) in [6, 6.07) is 0. The second-order valence-corrected chi connectivity index (χ2v) is 11.8. The zero-order valence-electron chi connectivity index (χ0n) is 27.6. The SMILES string of the molecule is C=C(C)[C@H](OC=O)[C@H](/C=C\C=C(/C)C(=O)NC1=CC(=O)C(NCCN(C)C)=C(C[C@@H](C)C[C@H](OC)[C@H](O)C(C)C)C1=O)OC. The second kappa shape index (κ2) is 19.1. The van der Waals surface area contributed by atoms with Crippen LogP contribution in [0.25, 0.3) is 0 Å². The summed E-state index contributed by atoms with van der Waals surface area (Å²) < 4.78 is 16.0. The van der Waals surface area contributed by atoms with Crippen LogP contribution >= 0.6 is 0 Å². The third-order valence-corrected chi connectivity index (χ3v) is 7.27. The minimum atomic E-state index is -0.701. The summed E-state index contributed by atoms with van der Waals surface area (Å²) in [4.78, 5) is 52.7. The van der Waals surface area contributed by atoms with Crippen molar-refractivity contribution in [3.05, 3.63) is 59.0 Å². The highest BCUT2D eigenvalue weighted by molar-refractivity contribution is 6.23. The molecule has 0 aliphatic heterocycles. The molecule has 1 rings (SSSR count). The van der Waals surface area contributed by atoms with Gasteiger partial charge in [0.2, 0.25) is 11.6 Å². The minimum absolute atomic E-state index is 0.0130. The number of nitrogens with zero attached hydrogens (tertiary/aromatic N) is 1. The first-order chi connectivity index (χ1) is 20.7. The van der Waals surface area contributed by atoms with E-state index >= 15 is 0 Å². The van der Waals surface area contributed by atoms with Crippen LogP contribution in [-0.4, -0.2) is 99.8 Å². The van der Waals surface area contributed by atoms with Crippen LogP contribution in [-0.2, 0) is 33.4 Å². The first-order valence-corrected chi connectivity index (χ1v) is 14.7. The molecule has 1 aliphatic rings. The fourth-order valence-electron chi connectivity index (χ4n) is 4.66. The maximum atomic E-state index is 13.7. The van der Waals surface area contributed by atoms with Crippen molar-refractivity contribution in [3.8, 4) is 0 Å². The van der Waals surface area contributed by atoms with Crippen molar-refractivity contribution in [1.82, 2.24) is 15.5 Å².